The molecule has 2 nitrogen and oxygen atoms in total. The van der Waals surface area contributed by atoms with E-state index in [4.69, 9.17) is 4.74 Å². The normalized spacial score (nSPS) is 17.2. The Morgan fingerprint density at radius 2 is 2.06 bits per heavy atom. The molecule has 0 saturated carbocycles. The highest BCUT2D eigenvalue weighted by atomic mass is 16.5. The first-order valence-electron chi connectivity index (χ1n) is 6.41. The second-order valence-corrected chi connectivity index (χ2v) is 4.57. The Balaban J connectivity index is 2.21. The number of benzene rings is 1. The molecule has 0 fully saturated rings. The Morgan fingerprint density at radius 3 is 2.65 bits per heavy atom. The van der Waals surface area contributed by atoms with Gasteiger partial charge in [-0.3, -0.25) is 0 Å². The van der Waals surface area contributed by atoms with Gasteiger partial charge >= 0.3 is 0 Å². The molecule has 0 bridgehead atoms. The summed E-state index contributed by atoms with van der Waals surface area (Å²) in [5, 5.41) is 3.54. The maximum atomic E-state index is 5.45. The third-order valence-corrected chi connectivity index (χ3v) is 3.15. The van der Waals surface area contributed by atoms with Gasteiger partial charge in [0.2, 0.25) is 0 Å². The molecule has 1 heterocycles. The lowest BCUT2D eigenvalue weighted by Crippen LogP contribution is -2.24. The smallest absolute Gasteiger partial charge is 0.0876 e. The van der Waals surface area contributed by atoms with Crippen molar-refractivity contribution in [2.24, 2.45) is 0 Å². The van der Waals surface area contributed by atoms with Gasteiger partial charge in [0.1, 0.15) is 0 Å². The lowest BCUT2D eigenvalue weighted by molar-refractivity contribution is 0.219. The summed E-state index contributed by atoms with van der Waals surface area (Å²) in [4.78, 5) is 0. The summed E-state index contributed by atoms with van der Waals surface area (Å²) in [6.07, 6.45) is 4.20. The van der Waals surface area contributed by atoms with Gasteiger partial charge in [0.05, 0.1) is 18.9 Å². The average Bonchev–Trinajstić information content (AvgIpc) is 2.38. The fourth-order valence-corrected chi connectivity index (χ4v) is 2.22. The summed E-state index contributed by atoms with van der Waals surface area (Å²) in [6.45, 7) is 6.09. The van der Waals surface area contributed by atoms with Crippen LogP contribution in [0.15, 0.2) is 36.1 Å². The first kappa shape index (κ1) is 12.2. The molecule has 1 aliphatic rings. The van der Waals surface area contributed by atoms with Gasteiger partial charge in [-0.15, -0.1) is 0 Å². The highest BCUT2D eigenvalue weighted by Crippen LogP contribution is 2.27. The molecule has 1 aromatic rings. The number of nitrogens with one attached hydrogen (secondary N) is 1. The van der Waals surface area contributed by atoms with Gasteiger partial charge in [0.15, 0.2) is 0 Å². The second-order valence-electron chi connectivity index (χ2n) is 4.57. The van der Waals surface area contributed by atoms with Crippen molar-refractivity contribution in [1.82, 2.24) is 5.32 Å². The van der Waals surface area contributed by atoms with Gasteiger partial charge in [-0.2, -0.15) is 0 Å². The van der Waals surface area contributed by atoms with E-state index in [-0.39, 0.29) is 0 Å². The van der Waals surface area contributed by atoms with Crippen molar-refractivity contribution in [1.29, 1.82) is 0 Å². The van der Waals surface area contributed by atoms with Crippen LogP contribution in [-0.2, 0) is 4.74 Å². The van der Waals surface area contributed by atoms with Crippen molar-refractivity contribution in [2.75, 3.05) is 13.2 Å². The van der Waals surface area contributed by atoms with E-state index in [1.165, 1.54) is 16.7 Å². The number of likely N-dealkylation sites (N-methyl/N-ethyl adjacent to an activating group) is 1. The molecule has 0 spiro atoms. The molecule has 0 saturated heterocycles. The molecule has 0 radical (unpaired) electrons. The van der Waals surface area contributed by atoms with Crippen LogP contribution in [0.25, 0.3) is 0 Å². The van der Waals surface area contributed by atoms with Crippen LogP contribution in [0.5, 0.6) is 0 Å². The number of aryl methyl sites for hydroxylation is 1. The topological polar surface area (TPSA) is 21.3 Å². The van der Waals surface area contributed by atoms with Gasteiger partial charge in [-0.05, 0) is 37.4 Å². The zero-order valence-electron chi connectivity index (χ0n) is 10.7. The predicted molar refractivity (Wildman–Crippen MR) is 70.9 cm³/mol. The van der Waals surface area contributed by atoms with Gasteiger partial charge in [0.25, 0.3) is 0 Å². The lowest BCUT2D eigenvalue weighted by atomic mass is 9.94. The molecule has 1 N–H and O–H groups in total. The zero-order valence-corrected chi connectivity index (χ0v) is 10.7. The molecule has 2 rings (SSSR count). The first-order chi connectivity index (χ1) is 8.31. The number of rotatable bonds is 4. The summed E-state index contributed by atoms with van der Waals surface area (Å²) >= 11 is 0. The summed E-state index contributed by atoms with van der Waals surface area (Å²) in [5.41, 5.74) is 3.99. The minimum atomic E-state index is 0.306. The number of hydrogen-bond acceptors (Lipinski definition) is 2. The second kappa shape index (κ2) is 5.87. The van der Waals surface area contributed by atoms with E-state index in [1.807, 2.05) is 6.26 Å². The Bertz CT molecular complexity index is 380. The van der Waals surface area contributed by atoms with E-state index in [1.54, 1.807) is 0 Å². The van der Waals surface area contributed by atoms with E-state index in [2.05, 4.69) is 43.4 Å². The van der Waals surface area contributed by atoms with Crippen molar-refractivity contribution in [3.63, 3.8) is 0 Å². The van der Waals surface area contributed by atoms with E-state index >= 15 is 0 Å². The van der Waals surface area contributed by atoms with Crippen LogP contribution in [-0.4, -0.2) is 13.2 Å². The maximum Gasteiger partial charge on any atom is 0.0876 e. The van der Waals surface area contributed by atoms with Crippen molar-refractivity contribution < 1.29 is 4.74 Å². The third-order valence-electron chi connectivity index (χ3n) is 3.15. The fraction of sp³-hybridized carbons (Fsp3) is 0.467. The quantitative estimate of drug-likeness (QED) is 0.858. The summed E-state index contributed by atoms with van der Waals surface area (Å²) < 4.78 is 5.45. The van der Waals surface area contributed by atoms with Crippen molar-refractivity contribution in [3.8, 4) is 0 Å². The molecule has 17 heavy (non-hydrogen) atoms. The van der Waals surface area contributed by atoms with E-state index in [9.17, 15) is 0 Å². The monoisotopic (exact) mass is 231 g/mol. The van der Waals surface area contributed by atoms with Crippen LogP contribution in [0.4, 0.5) is 0 Å². The molecular formula is C15H21NO. The molecule has 0 aromatic heterocycles. The van der Waals surface area contributed by atoms with Crippen LogP contribution in [0.2, 0.25) is 0 Å². The van der Waals surface area contributed by atoms with Crippen molar-refractivity contribution in [3.05, 3.63) is 47.2 Å². The van der Waals surface area contributed by atoms with Gasteiger partial charge in [-0.25, -0.2) is 0 Å². The average molecular weight is 231 g/mol. The van der Waals surface area contributed by atoms with E-state index in [0.29, 0.717) is 6.04 Å². The largest absolute Gasteiger partial charge is 0.501 e. The predicted octanol–water partition coefficient (Wildman–Crippen LogP) is 3.34. The Hall–Kier alpha value is -1.28. The van der Waals surface area contributed by atoms with Crippen LogP contribution >= 0.6 is 0 Å². The summed E-state index contributed by atoms with van der Waals surface area (Å²) in [7, 11) is 0. The number of ether oxygens (including phenoxy) is 1. The van der Waals surface area contributed by atoms with Crippen LogP contribution < -0.4 is 5.32 Å². The Kier molecular flexibility index (Phi) is 4.21. The molecular weight excluding hydrogens is 210 g/mol. The van der Waals surface area contributed by atoms with Crippen LogP contribution in [0.1, 0.15) is 36.9 Å². The standard InChI is InChI=1S/C15H21NO/c1-3-16-15(14-5-4-10-17-11-14)13-8-6-12(2)7-9-13/h6-9,11,15-16H,3-5,10H2,1-2H3. The molecule has 1 aliphatic heterocycles. The summed E-state index contributed by atoms with van der Waals surface area (Å²) in [5.74, 6) is 0. The molecule has 92 valence electrons. The van der Waals surface area contributed by atoms with Crippen LogP contribution in [0.3, 0.4) is 0 Å². The van der Waals surface area contributed by atoms with E-state index < -0.39 is 0 Å². The molecule has 0 amide bonds. The lowest BCUT2D eigenvalue weighted by Gasteiger charge is -2.24. The van der Waals surface area contributed by atoms with Gasteiger partial charge in [0, 0.05) is 0 Å². The fourth-order valence-electron chi connectivity index (χ4n) is 2.22. The minimum absolute atomic E-state index is 0.306. The number of hydrogen-bond donors (Lipinski definition) is 1. The molecule has 2 heteroatoms. The third kappa shape index (κ3) is 3.10. The Morgan fingerprint density at radius 1 is 1.29 bits per heavy atom. The maximum absolute atomic E-state index is 5.45. The van der Waals surface area contributed by atoms with Gasteiger partial charge in [-0.1, -0.05) is 36.8 Å². The molecule has 0 aliphatic carbocycles. The Labute approximate surface area is 104 Å². The highest BCUT2D eigenvalue weighted by molar-refractivity contribution is 5.30. The SMILES string of the molecule is CCNC(C1=COCCC1)c1ccc(C)cc1. The zero-order chi connectivity index (χ0) is 12.1. The highest BCUT2D eigenvalue weighted by Gasteiger charge is 2.17. The molecule has 1 aromatic carbocycles. The molecule has 1 atom stereocenters. The first-order valence-corrected chi connectivity index (χ1v) is 6.41. The van der Waals surface area contributed by atoms with Crippen molar-refractivity contribution in [2.45, 2.75) is 32.7 Å². The summed E-state index contributed by atoms with van der Waals surface area (Å²) in [6, 6.07) is 9.06. The van der Waals surface area contributed by atoms with Crippen LogP contribution in [0, 0.1) is 6.92 Å². The molecule has 1 unspecified atom stereocenters. The van der Waals surface area contributed by atoms with Crippen molar-refractivity contribution >= 4 is 0 Å². The van der Waals surface area contributed by atoms with Gasteiger partial charge < -0.3 is 10.1 Å². The van der Waals surface area contributed by atoms with E-state index in [0.717, 1.165) is 26.0 Å². The minimum Gasteiger partial charge on any atom is -0.501 e.